The minimum atomic E-state index is -0.380. The van der Waals surface area contributed by atoms with E-state index in [4.69, 9.17) is 0 Å². The third kappa shape index (κ3) is 3.47. The van der Waals surface area contributed by atoms with Gasteiger partial charge in [-0.25, -0.2) is 19.3 Å². The summed E-state index contributed by atoms with van der Waals surface area (Å²) in [5.41, 5.74) is 1.42. The van der Waals surface area contributed by atoms with Gasteiger partial charge in [-0.15, -0.1) is 0 Å². The summed E-state index contributed by atoms with van der Waals surface area (Å²) < 4.78 is 16.5. The van der Waals surface area contributed by atoms with Crippen LogP contribution in [-0.4, -0.2) is 45.1 Å². The molecule has 1 N–H and O–H groups in total. The highest BCUT2D eigenvalue weighted by atomic mass is 19.1. The molecule has 1 aliphatic rings. The summed E-state index contributed by atoms with van der Waals surface area (Å²) >= 11 is 0. The van der Waals surface area contributed by atoms with E-state index >= 15 is 0 Å². The number of carbonyl (C=O) groups is 1. The van der Waals surface area contributed by atoms with Crippen LogP contribution in [0.15, 0.2) is 12.5 Å². The van der Waals surface area contributed by atoms with Gasteiger partial charge < -0.3 is 14.8 Å². The number of aromatic nitrogens is 4. The van der Waals surface area contributed by atoms with Crippen LogP contribution in [-0.2, 0) is 11.8 Å². The number of amides is 1. The topological polar surface area (TPSA) is 75.9 Å². The molecule has 134 valence electrons. The van der Waals surface area contributed by atoms with E-state index in [1.807, 2.05) is 22.7 Å². The number of nitrogens with zero attached hydrogens (tertiary/aromatic N) is 5. The number of imidazole rings is 1. The lowest BCUT2D eigenvalue weighted by molar-refractivity contribution is -0.119. The molecule has 1 saturated heterocycles. The molecule has 0 bridgehead atoms. The summed E-state index contributed by atoms with van der Waals surface area (Å²) in [7, 11) is 1.94. The Balaban J connectivity index is 1.91. The van der Waals surface area contributed by atoms with Gasteiger partial charge in [0.2, 0.25) is 5.91 Å². The van der Waals surface area contributed by atoms with Gasteiger partial charge >= 0.3 is 0 Å². The smallest absolute Gasteiger partial charge is 0.216 e. The number of anilines is 1. The highest BCUT2D eigenvalue weighted by Crippen LogP contribution is 2.35. The Bertz CT molecular complexity index is 789. The molecule has 1 aliphatic heterocycles. The van der Waals surface area contributed by atoms with Crippen LogP contribution in [0.3, 0.4) is 0 Å². The second-order valence-corrected chi connectivity index (χ2v) is 6.63. The molecular formula is C17H23FN6O. The van der Waals surface area contributed by atoms with Gasteiger partial charge in [0.05, 0.1) is 12.0 Å². The Labute approximate surface area is 146 Å². The first-order valence-electron chi connectivity index (χ1n) is 8.33. The third-order valence-corrected chi connectivity index (χ3v) is 4.70. The first-order valence-corrected chi connectivity index (χ1v) is 8.33. The highest BCUT2D eigenvalue weighted by Gasteiger charge is 2.37. The van der Waals surface area contributed by atoms with E-state index in [1.54, 1.807) is 20.2 Å². The number of rotatable bonds is 4. The van der Waals surface area contributed by atoms with Crippen molar-refractivity contribution < 1.29 is 9.18 Å². The molecule has 1 amide bonds. The highest BCUT2D eigenvalue weighted by molar-refractivity contribution is 5.72. The lowest BCUT2D eigenvalue weighted by Gasteiger charge is -2.19. The zero-order valence-corrected chi connectivity index (χ0v) is 15.0. The van der Waals surface area contributed by atoms with Crippen molar-refractivity contribution in [3.8, 4) is 0 Å². The molecule has 2 aromatic heterocycles. The maximum Gasteiger partial charge on any atom is 0.216 e. The van der Waals surface area contributed by atoms with Crippen molar-refractivity contribution in [1.82, 2.24) is 24.8 Å². The van der Waals surface area contributed by atoms with Crippen molar-refractivity contribution in [2.45, 2.75) is 26.7 Å². The summed E-state index contributed by atoms with van der Waals surface area (Å²) in [5, 5.41) is 2.89. The molecule has 3 rings (SSSR count). The van der Waals surface area contributed by atoms with E-state index in [0.717, 1.165) is 5.69 Å². The predicted octanol–water partition coefficient (Wildman–Crippen LogP) is 1.32. The number of nitrogens with one attached hydrogen (secondary N) is 1. The third-order valence-electron chi connectivity index (χ3n) is 4.70. The van der Waals surface area contributed by atoms with Crippen molar-refractivity contribution >= 4 is 11.7 Å². The van der Waals surface area contributed by atoms with Crippen LogP contribution < -0.4 is 10.2 Å². The largest absolute Gasteiger partial charge is 0.356 e. The molecule has 2 atom stereocenters. The van der Waals surface area contributed by atoms with Gasteiger partial charge in [-0.05, 0) is 13.8 Å². The Morgan fingerprint density at radius 3 is 2.76 bits per heavy atom. The van der Waals surface area contributed by atoms with Crippen LogP contribution >= 0.6 is 0 Å². The molecule has 0 saturated carbocycles. The van der Waals surface area contributed by atoms with E-state index in [1.165, 1.54) is 6.92 Å². The van der Waals surface area contributed by atoms with Crippen molar-refractivity contribution in [1.29, 1.82) is 0 Å². The molecule has 2 aromatic rings. The molecule has 1 fully saturated rings. The molecule has 0 radical (unpaired) electrons. The van der Waals surface area contributed by atoms with Gasteiger partial charge in [-0.1, -0.05) is 0 Å². The average Bonchev–Trinajstić information content (AvgIpc) is 3.14. The SMILES string of the molecule is CC(=O)NC[C@@H]1CN(c2nc(C)nc(C)c2F)C[C@H]1c1cncn1C. The van der Waals surface area contributed by atoms with E-state index in [0.29, 0.717) is 37.0 Å². The molecule has 8 heteroatoms. The summed E-state index contributed by atoms with van der Waals surface area (Å²) in [6.07, 6.45) is 3.59. The number of hydrogen-bond acceptors (Lipinski definition) is 5. The molecule has 0 unspecified atom stereocenters. The molecule has 0 spiro atoms. The molecule has 7 nitrogen and oxygen atoms in total. The van der Waals surface area contributed by atoms with Crippen LogP contribution in [0.25, 0.3) is 0 Å². The van der Waals surface area contributed by atoms with Gasteiger partial charge in [0.1, 0.15) is 5.82 Å². The Morgan fingerprint density at radius 1 is 1.36 bits per heavy atom. The van der Waals surface area contributed by atoms with Crippen LogP contribution in [0, 0.1) is 25.6 Å². The number of hydrogen-bond donors (Lipinski definition) is 1. The van der Waals surface area contributed by atoms with Gasteiger partial charge in [0.15, 0.2) is 11.6 Å². The first kappa shape index (κ1) is 17.3. The summed E-state index contributed by atoms with van der Waals surface area (Å²) in [4.78, 5) is 25.9. The summed E-state index contributed by atoms with van der Waals surface area (Å²) in [5.74, 6) is 0.721. The van der Waals surface area contributed by atoms with Crippen molar-refractivity contribution in [2.75, 3.05) is 24.5 Å². The number of carbonyl (C=O) groups excluding carboxylic acids is 1. The monoisotopic (exact) mass is 346 g/mol. The van der Waals surface area contributed by atoms with E-state index < -0.39 is 0 Å². The second kappa shape index (κ2) is 6.78. The van der Waals surface area contributed by atoms with Gasteiger partial charge in [-0.3, -0.25) is 4.79 Å². The lowest BCUT2D eigenvalue weighted by atomic mass is 9.93. The van der Waals surface area contributed by atoms with Crippen molar-refractivity contribution in [2.24, 2.45) is 13.0 Å². The van der Waals surface area contributed by atoms with E-state index in [-0.39, 0.29) is 23.6 Å². The van der Waals surface area contributed by atoms with Crippen molar-refractivity contribution in [3.05, 3.63) is 35.6 Å². The van der Waals surface area contributed by atoms with Crippen LogP contribution in [0.4, 0.5) is 10.2 Å². The maximum absolute atomic E-state index is 14.6. The van der Waals surface area contributed by atoms with E-state index in [9.17, 15) is 9.18 Å². The van der Waals surface area contributed by atoms with Crippen LogP contribution in [0.2, 0.25) is 0 Å². The number of aryl methyl sites for hydroxylation is 3. The van der Waals surface area contributed by atoms with Gasteiger partial charge in [0.25, 0.3) is 0 Å². The standard InChI is InChI=1S/C17H23FN6O/c1-10-16(18)17(22-11(2)21-10)24-7-13(5-20-12(3)25)14(8-24)15-6-19-9-23(15)4/h6,9,13-14H,5,7-8H2,1-4H3,(H,20,25)/t13-,14-/m1/s1. The minimum absolute atomic E-state index is 0.0675. The molecular weight excluding hydrogens is 323 g/mol. The fourth-order valence-corrected chi connectivity index (χ4v) is 3.48. The Hall–Kier alpha value is -2.51. The summed E-state index contributed by atoms with van der Waals surface area (Å²) in [6, 6.07) is 0. The molecule has 0 aliphatic carbocycles. The lowest BCUT2D eigenvalue weighted by Crippen LogP contribution is -2.31. The Morgan fingerprint density at radius 2 is 2.12 bits per heavy atom. The van der Waals surface area contributed by atoms with Crippen LogP contribution in [0.1, 0.15) is 30.1 Å². The van der Waals surface area contributed by atoms with Gasteiger partial charge in [0, 0.05) is 57.3 Å². The van der Waals surface area contributed by atoms with Crippen LogP contribution in [0.5, 0.6) is 0 Å². The Kier molecular flexibility index (Phi) is 4.69. The first-order chi connectivity index (χ1) is 11.9. The predicted molar refractivity (Wildman–Crippen MR) is 91.8 cm³/mol. The number of halogens is 1. The fraction of sp³-hybridized carbons (Fsp3) is 0.529. The molecule has 25 heavy (non-hydrogen) atoms. The average molecular weight is 346 g/mol. The summed E-state index contributed by atoms with van der Waals surface area (Å²) in [6.45, 7) is 6.69. The maximum atomic E-state index is 14.6. The zero-order valence-electron chi connectivity index (χ0n) is 15.0. The normalized spacial score (nSPS) is 20.1. The molecule has 0 aromatic carbocycles. The zero-order chi connectivity index (χ0) is 18.1. The van der Waals surface area contributed by atoms with Crippen molar-refractivity contribution in [3.63, 3.8) is 0 Å². The van der Waals surface area contributed by atoms with E-state index in [2.05, 4.69) is 20.3 Å². The fourth-order valence-electron chi connectivity index (χ4n) is 3.48. The quantitative estimate of drug-likeness (QED) is 0.904. The van der Waals surface area contributed by atoms with Gasteiger partial charge in [-0.2, -0.15) is 0 Å². The molecule has 3 heterocycles. The second-order valence-electron chi connectivity index (χ2n) is 6.63. The minimum Gasteiger partial charge on any atom is -0.356 e.